The number of aromatic nitrogens is 1. The third-order valence-corrected chi connectivity index (χ3v) is 3.31. The van der Waals surface area contributed by atoms with Gasteiger partial charge in [-0.1, -0.05) is 11.6 Å². The summed E-state index contributed by atoms with van der Waals surface area (Å²) < 4.78 is 0. The van der Waals surface area contributed by atoms with Crippen molar-refractivity contribution in [3.8, 4) is 5.75 Å². The summed E-state index contributed by atoms with van der Waals surface area (Å²) in [4.78, 5) is 14.4. The van der Waals surface area contributed by atoms with Crippen LogP contribution in [-0.4, -0.2) is 15.0 Å². The van der Waals surface area contributed by atoms with E-state index < -0.39 is 4.92 Å². The molecule has 1 aromatic heterocycles. The fourth-order valence-corrected chi connectivity index (χ4v) is 2.31. The van der Waals surface area contributed by atoms with Crippen molar-refractivity contribution in [1.29, 1.82) is 0 Å². The minimum atomic E-state index is -0.458. The highest BCUT2D eigenvalue weighted by Gasteiger charge is 2.08. The van der Waals surface area contributed by atoms with Crippen molar-refractivity contribution < 1.29 is 10.0 Å². The number of aromatic hydroxyl groups is 1. The molecular weight excluding hydrogens is 306 g/mol. The fourth-order valence-electron chi connectivity index (χ4n) is 2.11. The van der Waals surface area contributed by atoms with Gasteiger partial charge in [0, 0.05) is 23.2 Å². The number of anilines is 2. The van der Waals surface area contributed by atoms with Gasteiger partial charge in [0.25, 0.3) is 5.69 Å². The van der Waals surface area contributed by atoms with Crippen molar-refractivity contribution >= 4 is 39.6 Å². The molecule has 0 radical (unpaired) electrons. The molecule has 0 aliphatic rings. The Morgan fingerprint density at radius 1 is 1.14 bits per heavy atom. The van der Waals surface area contributed by atoms with Crippen LogP contribution in [0.3, 0.4) is 0 Å². The third kappa shape index (κ3) is 2.77. The number of non-ortho nitro benzene ring substituents is 1. The van der Waals surface area contributed by atoms with Gasteiger partial charge in [-0.25, -0.2) is 4.98 Å². The molecule has 2 N–H and O–H groups in total. The first-order chi connectivity index (χ1) is 10.5. The van der Waals surface area contributed by atoms with Crippen molar-refractivity contribution in [3.05, 3.63) is 63.8 Å². The van der Waals surface area contributed by atoms with Gasteiger partial charge < -0.3 is 10.4 Å². The summed E-state index contributed by atoms with van der Waals surface area (Å²) in [6, 6.07) is 12.4. The number of rotatable bonds is 3. The number of phenolic OH excluding ortho intramolecular Hbond substituents is 1. The van der Waals surface area contributed by atoms with Crippen LogP contribution in [0.15, 0.2) is 48.5 Å². The van der Waals surface area contributed by atoms with E-state index in [4.69, 9.17) is 11.6 Å². The van der Waals surface area contributed by atoms with Crippen molar-refractivity contribution in [3.63, 3.8) is 0 Å². The van der Waals surface area contributed by atoms with Crippen LogP contribution in [-0.2, 0) is 0 Å². The van der Waals surface area contributed by atoms with Crippen molar-refractivity contribution in [2.75, 3.05) is 5.32 Å². The Kier molecular flexibility index (Phi) is 3.52. The Bertz CT molecular complexity index is 866. The zero-order valence-corrected chi connectivity index (χ0v) is 11.9. The highest BCUT2D eigenvalue weighted by Crippen LogP contribution is 2.31. The number of fused-ring (bicyclic) bond motifs is 1. The van der Waals surface area contributed by atoms with Crippen molar-refractivity contribution in [1.82, 2.24) is 4.98 Å². The Hall–Kier alpha value is -2.86. The Balaban J connectivity index is 2.02. The number of pyridine rings is 1. The summed E-state index contributed by atoms with van der Waals surface area (Å²) in [5, 5.41) is 24.4. The number of nitro benzene ring substituents is 1. The molecule has 0 bridgehead atoms. The minimum Gasteiger partial charge on any atom is -0.508 e. The predicted octanol–water partition coefficient (Wildman–Crippen LogP) is 4.25. The molecule has 0 amide bonds. The molecule has 0 aliphatic heterocycles. The maximum atomic E-state index is 10.7. The lowest BCUT2D eigenvalue weighted by atomic mass is 10.1. The molecule has 110 valence electrons. The fraction of sp³-hybridized carbons (Fsp3) is 0. The van der Waals surface area contributed by atoms with E-state index in [1.807, 2.05) is 0 Å². The summed E-state index contributed by atoms with van der Waals surface area (Å²) >= 11 is 5.99. The molecule has 3 aromatic rings. The summed E-state index contributed by atoms with van der Waals surface area (Å²) in [6.07, 6.45) is 0. The lowest BCUT2D eigenvalue weighted by Crippen LogP contribution is -1.94. The molecule has 7 heteroatoms. The van der Waals surface area contributed by atoms with Crippen molar-refractivity contribution in [2.45, 2.75) is 0 Å². The van der Waals surface area contributed by atoms with E-state index in [1.54, 1.807) is 30.3 Å². The Morgan fingerprint density at radius 2 is 1.86 bits per heavy atom. The standard InChI is InChI=1S/C15H10ClN3O3/c16-15-8-14(12-7-11(20)5-6-13(12)18-15)17-9-1-3-10(4-2-9)19(21)22/h1-8,20H,(H,17,18). The number of benzene rings is 2. The SMILES string of the molecule is O=[N+]([O-])c1ccc(Nc2cc(Cl)nc3ccc(O)cc23)cc1. The topological polar surface area (TPSA) is 88.3 Å². The molecule has 0 spiro atoms. The van der Waals surface area contributed by atoms with Gasteiger partial charge in [0.15, 0.2) is 0 Å². The second-order valence-corrected chi connectivity index (χ2v) is 5.01. The molecule has 0 atom stereocenters. The van der Waals surface area contributed by atoms with E-state index in [-0.39, 0.29) is 11.4 Å². The van der Waals surface area contributed by atoms with Crippen LogP contribution in [0, 0.1) is 10.1 Å². The van der Waals surface area contributed by atoms with E-state index in [2.05, 4.69) is 10.3 Å². The molecule has 3 rings (SSSR count). The highest BCUT2D eigenvalue weighted by atomic mass is 35.5. The number of nitrogens with zero attached hydrogens (tertiary/aromatic N) is 2. The van der Waals surface area contributed by atoms with Crippen LogP contribution in [0.4, 0.5) is 17.1 Å². The molecule has 0 saturated carbocycles. The largest absolute Gasteiger partial charge is 0.508 e. The summed E-state index contributed by atoms with van der Waals surface area (Å²) in [6.45, 7) is 0. The first kappa shape index (κ1) is 14.1. The maximum absolute atomic E-state index is 10.7. The number of nitro groups is 1. The lowest BCUT2D eigenvalue weighted by molar-refractivity contribution is -0.384. The van der Waals surface area contributed by atoms with Crippen molar-refractivity contribution in [2.24, 2.45) is 0 Å². The number of hydrogen-bond donors (Lipinski definition) is 2. The van der Waals surface area contributed by atoms with E-state index in [0.717, 1.165) is 0 Å². The second kappa shape index (κ2) is 5.50. The lowest BCUT2D eigenvalue weighted by Gasteiger charge is -2.10. The van der Waals surface area contributed by atoms with Crippen LogP contribution < -0.4 is 5.32 Å². The average Bonchev–Trinajstić information content (AvgIpc) is 2.48. The quantitative estimate of drug-likeness (QED) is 0.428. The average molecular weight is 316 g/mol. The summed E-state index contributed by atoms with van der Waals surface area (Å²) in [5.74, 6) is 0.114. The summed E-state index contributed by atoms with van der Waals surface area (Å²) in [5.41, 5.74) is 1.97. The van der Waals surface area contributed by atoms with Gasteiger partial charge in [-0.2, -0.15) is 0 Å². The van der Waals surface area contributed by atoms with Gasteiger partial charge in [-0.3, -0.25) is 10.1 Å². The first-order valence-corrected chi connectivity index (χ1v) is 6.71. The van der Waals surface area contributed by atoms with Crippen LogP contribution in [0.25, 0.3) is 10.9 Å². The van der Waals surface area contributed by atoms with Gasteiger partial charge in [0.2, 0.25) is 0 Å². The normalized spacial score (nSPS) is 10.6. The van der Waals surface area contributed by atoms with Crippen LogP contribution in [0.1, 0.15) is 0 Å². The first-order valence-electron chi connectivity index (χ1n) is 6.34. The molecule has 6 nitrogen and oxygen atoms in total. The van der Waals surface area contributed by atoms with E-state index in [1.165, 1.54) is 18.2 Å². The number of phenols is 1. The molecule has 0 saturated heterocycles. The molecule has 2 aromatic carbocycles. The summed E-state index contributed by atoms with van der Waals surface area (Å²) in [7, 11) is 0. The third-order valence-electron chi connectivity index (χ3n) is 3.12. The molecular formula is C15H10ClN3O3. The Morgan fingerprint density at radius 3 is 2.55 bits per heavy atom. The molecule has 0 unspecified atom stereocenters. The van der Waals surface area contributed by atoms with Gasteiger partial charge in [-0.15, -0.1) is 0 Å². The van der Waals surface area contributed by atoms with Crippen LogP contribution in [0.2, 0.25) is 5.15 Å². The second-order valence-electron chi connectivity index (χ2n) is 4.62. The molecule has 22 heavy (non-hydrogen) atoms. The molecule has 0 fully saturated rings. The predicted molar refractivity (Wildman–Crippen MR) is 84.8 cm³/mol. The number of hydrogen-bond acceptors (Lipinski definition) is 5. The van der Waals surface area contributed by atoms with Crippen LogP contribution in [0.5, 0.6) is 5.75 Å². The van der Waals surface area contributed by atoms with Gasteiger partial charge in [0.05, 0.1) is 16.1 Å². The van der Waals surface area contributed by atoms with E-state index in [9.17, 15) is 15.2 Å². The molecule has 0 aliphatic carbocycles. The Labute approximate surface area is 130 Å². The smallest absolute Gasteiger partial charge is 0.269 e. The number of halogens is 1. The minimum absolute atomic E-state index is 0.0146. The maximum Gasteiger partial charge on any atom is 0.269 e. The van der Waals surface area contributed by atoms with Crippen LogP contribution >= 0.6 is 11.6 Å². The van der Waals surface area contributed by atoms with E-state index in [0.29, 0.717) is 27.4 Å². The number of nitrogens with one attached hydrogen (secondary N) is 1. The molecule has 1 heterocycles. The van der Waals surface area contributed by atoms with E-state index >= 15 is 0 Å². The zero-order valence-electron chi connectivity index (χ0n) is 11.2. The van der Waals surface area contributed by atoms with Gasteiger partial charge in [-0.05, 0) is 36.4 Å². The van der Waals surface area contributed by atoms with Gasteiger partial charge in [0.1, 0.15) is 10.9 Å². The monoisotopic (exact) mass is 315 g/mol. The van der Waals surface area contributed by atoms with Gasteiger partial charge >= 0.3 is 0 Å². The highest BCUT2D eigenvalue weighted by molar-refractivity contribution is 6.30. The zero-order chi connectivity index (χ0) is 15.7.